The molecule has 2 amide bonds. The number of amides is 2. The number of carbonyl (C=O) groups excluding carboxylic acids is 7. The molecule has 0 bridgehead atoms. The van der Waals surface area contributed by atoms with Crippen molar-refractivity contribution in [3.05, 3.63) is 0 Å². The number of carboxylic acid groups (broad SMARTS) is 3. The molecule has 0 heterocycles. The predicted molar refractivity (Wildman–Crippen MR) is 207 cm³/mol. The standard InChI is InChI=1S/C34H59N7O24.Gd.H2O/c42-16-22(46)33(60)31(58)20(44)9-37-64-18-29(56)62-7-1-35-24(48)11-40(14-27(52)53)5-3-39(13-26(50)51)4-6-41(15-28(54)55)12-25(49)36-2-8-63-30(57)19-65-38-10-21(45)32(59)34(61)23(47)17-43;;/h9-10,20-23,31-34,42-47,58-61H,1-8,11-19H2,(H,35,48)(H,36,49)(H,50,51)(H,52,53)(H,54,55);;1H2/q;+3;/p-3/b37-9-,38-10+;;/t20-,21-,22+,23+,31-,32-,33-,34-;;/m0../s1. The summed E-state index contributed by atoms with van der Waals surface area (Å²) in [5.74, 6) is -8.30. The summed E-state index contributed by atoms with van der Waals surface area (Å²) in [4.78, 5) is 95.3. The van der Waals surface area contributed by atoms with E-state index >= 15 is 0 Å². The molecule has 14 N–H and O–H groups in total. The second-order valence-electron chi connectivity index (χ2n) is 13.5. The van der Waals surface area contributed by atoms with Gasteiger partial charge in [0.25, 0.3) is 0 Å². The van der Waals surface area contributed by atoms with E-state index in [4.69, 9.17) is 19.7 Å². The molecule has 0 aromatic rings. The third-order valence-electron chi connectivity index (χ3n) is 8.14. The molecular formula is C34H58GdN7O25. The van der Waals surface area contributed by atoms with Gasteiger partial charge in [-0.2, -0.15) is 0 Å². The van der Waals surface area contributed by atoms with Crippen molar-refractivity contribution in [3.8, 4) is 0 Å². The Kier molecular flexibility index (Phi) is 39.1. The smallest absolute Gasteiger partial charge is 0.549 e. The maximum atomic E-state index is 12.5. The summed E-state index contributed by atoms with van der Waals surface area (Å²) < 4.78 is 9.62. The number of nitrogens with zero attached hydrogens (tertiary/aromatic N) is 5. The first-order valence-electron chi connectivity index (χ1n) is 19.2. The molecule has 0 rings (SSSR count). The number of ether oxygens (including phenoxy) is 2. The van der Waals surface area contributed by atoms with Crippen LogP contribution in [0.3, 0.4) is 0 Å². The van der Waals surface area contributed by atoms with Crippen LogP contribution in [0.15, 0.2) is 10.3 Å². The van der Waals surface area contributed by atoms with Gasteiger partial charge in [-0.15, -0.1) is 0 Å². The third-order valence-corrected chi connectivity index (χ3v) is 8.14. The van der Waals surface area contributed by atoms with E-state index in [1.165, 1.54) is 4.90 Å². The summed E-state index contributed by atoms with van der Waals surface area (Å²) in [5, 5.41) is 139. The molecule has 33 heteroatoms. The van der Waals surface area contributed by atoms with Crippen molar-refractivity contribution in [1.82, 2.24) is 25.3 Å². The van der Waals surface area contributed by atoms with Gasteiger partial charge in [-0.25, -0.2) is 9.59 Å². The van der Waals surface area contributed by atoms with Crippen LogP contribution in [0.1, 0.15) is 0 Å². The molecule has 8 atom stereocenters. The van der Waals surface area contributed by atoms with Crippen LogP contribution < -0.4 is 26.0 Å². The van der Waals surface area contributed by atoms with E-state index in [0.717, 1.165) is 9.80 Å². The normalized spacial score (nSPS) is 15.0. The Hall–Kier alpha value is -4.01. The van der Waals surface area contributed by atoms with Gasteiger partial charge in [0.15, 0.2) is 0 Å². The van der Waals surface area contributed by atoms with Gasteiger partial charge in [-0.1, -0.05) is 10.3 Å². The molecule has 0 spiro atoms. The SMILES string of the molecule is O.O=C([O-])CN(CCN(CC(=O)[O-])CC(=O)NCCOC(=O)CO/N=C\[C@H](O)[C@H](O)[C@@H](O)[C@H](O)CO)CCN(CC(=O)[O-])CC(=O)NCCOC(=O)CO/N=C/[C@H](O)[C@H](O)[C@@H](O)[C@H](O)CO.[Gd+3]. The Labute approximate surface area is 412 Å². The number of aliphatic carboxylic acids is 3. The maximum absolute atomic E-state index is 12.5. The van der Waals surface area contributed by atoms with Crippen LogP contribution in [0, 0.1) is 39.9 Å². The number of nitrogens with one attached hydrogen (secondary N) is 2. The van der Waals surface area contributed by atoms with Crippen molar-refractivity contribution < 1.29 is 165 Å². The average Bonchev–Trinajstić information content (AvgIpc) is 3.25. The predicted octanol–water partition coefficient (Wildman–Crippen LogP) is -15.5. The van der Waals surface area contributed by atoms with Crippen molar-refractivity contribution in [2.24, 2.45) is 10.3 Å². The van der Waals surface area contributed by atoms with E-state index in [1.807, 2.05) is 0 Å². The molecule has 0 aromatic heterocycles. The molecule has 67 heavy (non-hydrogen) atoms. The van der Waals surface area contributed by atoms with E-state index in [0.29, 0.717) is 12.4 Å². The zero-order valence-corrected chi connectivity index (χ0v) is 37.8. The Morgan fingerprint density at radius 2 is 0.836 bits per heavy atom. The van der Waals surface area contributed by atoms with Crippen LogP contribution in [0.2, 0.25) is 0 Å². The monoisotopic (exact) mass is 1120 g/mol. The second-order valence-corrected chi connectivity index (χ2v) is 13.5. The van der Waals surface area contributed by atoms with Gasteiger partial charge in [-0.05, 0) is 0 Å². The molecule has 0 aliphatic carbocycles. The first-order chi connectivity index (χ1) is 30.6. The molecule has 0 aliphatic rings. The van der Waals surface area contributed by atoms with E-state index in [2.05, 4.69) is 30.6 Å². The molecule has 32 nitrogen and oxygen atoms in total. The Bertz CT molecular complexity index is 1420. The Balaban J connectivity index is -0.0000205. The molecule has 0 fully saturated rings. The first-order valence-corrected chi connectivity index (χ1v) is 19.2. The average molecular weight is 1120 g/mol. The van der Waals surface area contributed by atoms with Crippen LogP contribution in [0.4, 0.5) is 0 Å². The fraction of sp³-hybridized carbons (Fsp3) is 0.735. The maximum Gasteiger partial charge on any atom is 3.00 e. The van der Waals surface area contributed by atoms with Gasteiger partial charge in [0, 0.05) is 45.8 Å². The molecule has 0 saturated heterocycles. The number of aliphatic hydroxyl groups excluding tert-OH is 10. The van der Waals surface area contributed by atoms with E-state index < -0.39 is 163 Å². The van der Waals surface area contributed by atoms with Crippen molar-refractivity contribution in [3.63, 3.8) is 0 Å². The van der Waals surface area contributed by atoms with Crippen LogP contribution in [0.5, 0.6) is 0 Å². The summed E-state index contributed by atoms with van der Waals surface area (Å²) in [7, 11) is 0. The van der Waals surface area contributed by atoms with Crippen LogP contribution >= 0.6 is 0 Å². The number of carboxylic acids is 3. The number of aliphatic hydroxyl groups is 10. The summed E-state index contributed by atoms with van der Waals surface area (Å²) in [5.41, 5.74) is 0. The minimum absolute atomic E-state index is 0. The molecule has 387 valence electrons. The zero-order chi connectivity index (χ0) is 49.5. The number of hydrogen-bond acceptors (Lipinski definition) is 29. The van der Waals surface area contributed by atoms with Crippen LogP contribution in [-0.4, -0.2) is 286 Å². The topological polar surface area (TPSA) is 518 Å². The van der Waals surface area contributed by atoms with Gasteiger partial charge >= 0.3 is 51.9 Å². The minimum Gasteiger partial charge on any atom is -0.549 e. The van der Waals surface area contributed by atoms with Crippen molar-refractivity contribution in [1.29, 1.82) is 0 Å². The van der Waals surface area contributed by atoms with E-state index in [1.54, 1.807) is 0 Å². The minimum atomic E-state index is -1.96. The number of hydrogen-bond donors (Lipinski definition) is 12. The number of rotatable bonds is 38. The summed E-state index contributed by atoms with van der Waals surface area (Å²) in [6, 6.07) is 0. The fourth-order valence-electron chi connectivity index (χ4n) is 4.77. The quantitative estimate of drug-likeness (QED) is 0.0118. The van der Waals surface area contributed by atoms with Gasteiger partial charge in [-0.3, -0.25) is 24.3 Å². The van der Waals surface area contributed by atoms with Crippen molar-refractivity contribution >= 4 is 54.1 Å². The van der Waals surface area contributed by atoms with Crippen LogP contribution in [-0.2, 0) is 52.7 Å². The van der Waals surface area contributed by atoms with E-state index in [9.17, 15) is 89.7 Å². The summed E-state index contributed by atoms with van der Waals surface area (Å²) >= 11 is 0. The van der Waals surface area contributed by atoms with Gasteiger partial charge in [0.05, 0.1) is 69.7 Å². The molecule has 0 unspecified atom stereocenters. The molecular weight excluding hydrogens is 1060 g/mol. The summed E-state index contributed by atoms with van der Waals surface area (Å²) in [6.45, 7) is -9.16. The fourth-order valence-corrected chi connectivity index (χ4v) is 4.77. The number of esters is 2. The van der Waals surface area contributed by atoms with E-state index in [-0.39, 0.29) is 84.7 Å². The molecule has 0 aromatic carbocycles. The van der Waals surface area contributed by atoms with Gasteiger partial charge in [0.1, 0.15) is 62.0 Å². The number of carbonyl (C=O) groups is 7. The molecule has 1 radical (unpaired) electrons. The second kappa shape index (κ2) is 38.9. The number of oxime groups is 2. The molecule has 0 saturated carbocycles. The third kappa shape index (κ3) is 33.2. The molecule has 0 aliphatic heterocycles. The largest absolute Gasteiger partial charge is 3.00 e. The Morgan fingerprint density at radius 1 is 0.522 bits per heavy atom. The Morgan fingerprint density at radius 3 is 1.15 bits per heavy atom. The first kappa shape index (κ1) is 67.3. The van der Waals surface area contributed by atoms with Crippen LogP contribution in [0.25, 0.3) is 0 Å². The van der Waals surface area contributed by atoms with Gasteiger partial charge in [0.2, 0.25) is 25.0 Å². The van der Waals surface area contributed by atoms with Crippen molar-refractivity contribution in [2.45, 2.75) is 48.8 Å². The zero-order valence-electron chi connectivity index (χ0n) is 35.6. The van der Waals surface area contributed by atoms with Crippen molar-refractivity contribution in [2.75, 3.05) is 112 Å². The summed E-state index contributed by atoms with van der Waals surface area (Å²) in [6.07, 6.45) is -13.8. The van der Waals surface area contributed by atoms with Gasteiger partial charge < -0.3 is 116 Å².